The van der Waals surface area contributed by atoms with Crippen molar-refractivity contribution < 1.29 is 17.6 Å². The SMILES string of the molecule is Cc1nnc(Cc2ccc(C(F)(F)F)cc2)o1. The van der Waals surface area contributed by atoms with Gasteiger partial charge in [-0.15, -0.1) is 10.2 Å². The summed E-state index contributed by atoms with van der Waals surface area (Å²) in [5, 5.41) is 7.42. The van der Waals surface area contributed by atoms with Gasteiger partial charge in [0.15, 0.2) is 0 Å². The Morgan fingerprint density at radius 1 is 1.12 bits per heavy atom. The Balaban J connectivity index is 2.13. The molecular weight excluding hydrogens is 233 g/mol. The quantitative estimate of drug-likeness (QED) is 0.812. The molecule has 0 atom stereocenters. The second-order valence-corrected chi connectivity index (χ2v) is 3.59. The van der Waals surface area contributed by atoms with Gasteiger partial charge in [0.2, 0.25) is 11.8 Å². The van der Waals surface area contributed by atoms with Gasteiger partial charge >= 0.3 is 6.18 Å². The number of hydrogen-bond acceptors (Lipinski definition) is 3. The van der Waals surface area contributed by atoms with E-state index >= 15 is 0 Å². The van der Waals surface area contributed by atoms with E-state index in [1.54, 1.807) is 6.92 Å². The molecule has 0 spiro atoms. The maximum atomic E-state index is 12.3. The number of aryl methyl sites for hydroxylation is 1. The lowest BCUT2D eigenvalue weighted by molar-refractivity contribution is -0.137. The van der Waals surface area contributed by atoms with E-state index in [-0.39, 0.29) is 0 Å². The molecule has 0 unspecified atom stereocenters. The van der Waals surface area contributed by atoms with Gasteiger partial charge in [-0.05, 0) is 17.7 Å². The first-order valence-electron chi connectivity index (χ1n) is 4.90. The van der Waals surface area contributed by atoms with Gasteiger partial charge in [-0.3, -0.25) is 0 Å². The minimum atomic E-state index is -4.31. The van der Waals surface area contributed by atoms with E-state index in [9.17, 15) is 13.2 Å². The maximum Gasteiger partial charge on any atom is 0.416 e. The molecule has 0 N–H and O–H groups in total. The molecule has 0 saturated heterocycles. The molecule has 0 saturated carbocycles. The average Bonchev–Trinajstić information content (AvgIpc) is 2.63. The van der Waals surface area contributed by atoms with Crippen molar-refractivity contribution >= 4 is 0 Å². The second kappa shape index (κ2) is 4.20. The summed E-state index contributed by atoms with van der Waals surface area (Å²) < 4.78 is 42.1. The van der Waals surface area contributed by atoms with E-state index in [1.165, 1.54) is 12.1 Å². The van der Waals surface area contributed by atoms with Gasteiger partial charge < -0.3 is 4.42 Å². The first kappa shape index (κ1) is 11.6. The maximum absolute atomic E-state index is 12.3. The molecular formula is C11H9F3N2O. The van der Waals surface area contributed by atoms with Crippen LogP contribution >= 0.6 is 0 Å². The minimum Gasteiger partial charge on any atom is -0.425 e. The van der Waals surface area contributed by atoms with Crippen molar-refractivity contribution in [1.29, 1.82) is 0 Å². The lowest BCUT2D eigenvalue weighted by Gasteiger charge is -2.06. The van der Waals surface area contributed by atoms with E-state index in [4.69, 9.17) is 4.42 Å². The predicted molar refractivity (Wildman–Crippen MR) is 53.3 cm³/mol. The molecule has 0 aliphatic carbocycles. The summed E-state index contributed by atoms with van der Waals surface area (Å²) in [6, 6.07) is 4.89. The fourth-order valence-corrected chi connectivity index (χ4v) is 1.40. The highest BCUT2D eigenvalue weighted by Crippen LogP contribution is 2.29. The number of aromatic nitrogens is 2. The van der Waals surface area contributed by atoms with Gasteiger partial charge in [-0.25, -0.2) is 0 Å². The summed E-state index contributed by atoms with van der Waals surface area (Å²) >= 11 is 0. The number of hydrogen-bond donors (Lipinski definition) is 0. The minimum absolute atomic E-state index is 0.332. The number of halogens is 3. The lowest BCUT2D eigenvalue weighted by atomic mass is 10.1. The van der Waals surface area contributed by atoms with Crippen LogP contribution < -0.4 is 0 Å². The van der Waals surface area contributed by atoms with Crippen molar-refractivity contribution in [2.45, 2.75) is 19.5 Å². The highest BCUT2D eigenvalue weighted by Gasteiger charge is 2.29. The predicted octanol–water partition coefficient (Wildman–Crippen LogP) is 2.99. The molecule has 0 amide bonds. The normalized spacial score (nSPS) is 11.8. The monoisotopic (exact) mass is 242 g/mol. The fraction of sp³-hybridized carbons (Fsp3) is 0.273. The first-order valence-corrected chi connectivity index (χ1v) is 4.90. The number of alkyl halides is 3. The Labute approximate surface area is 95.3 Å². The molecule has 2 aromatic rings. The summed E-state index contributed by atoms with van der Waals surface area (Å²) in [7, 11) is 0. The van der Waals surface area contributed by atoms with Crippen molar-refractivity contribution in [1.82, 2.24) is 10.2 Å². The lowest BCUT2D eigenvalue weighted by Crippen LogP contribution is -2.04. The molecule has 1 aromatic carbocycles. The van der Waals surface area contributed by atoms with Crippen LogP contribution in [-0.2, 0) is 12.6 Å². The molecule has 3 nitrogen and oxygen atoms in total. The first-order chi connectivity index (χ1) is 7.95. The highest BCUT2D eigenvalue weighted by molar-refractivity contribution is 5.26. The zero-order valence-electron chi connectivity index (χ0n) is 8.95. The van der Waals surface area contributed by atoms with E-state index in [2.05, 4.69) is 10.2 Å². The molecule has 1 aromatic heterocycles. The Hall–Kier alpha value is -1.85. The van der Waals surface area contributed by atoms with Gasteiger partial charge in [-0.1, -0.05) is 12.1 Å². The zero-order valence-corrected chi connectivity index (χ0v) is 8.95. The topological polar surface area (TPSA) is 38.9 Å². The molecule has 0 radical (unpaired) electrons. The molecule has 0 bridgehead atoms. The van der Waals surface area contributed by atoms with E-state index < -0.39 is 11.7 Å². The molecule has 0 fully saturated rings. The van der Waals surface area contributed by atoms with E-state index in [1.807, 2.05) is 0 Å². The van der Waals surface area contributed by atoms with Gasteiger partial charge in [0, 0.05) is 6.92 Å². The molecule has 0 aliphatic rings. The van der Waals surface area contributed by atoms with E-state index in [0.29, 0.717) is 23.8 Å². The van der Waals surface area contributed by atoms with Gasteiger partial charge in [0.25, 0.3) is 0 Å². The van der Waals surface area contributed by atoms with Crippen LogP contribution in [0.25, 0.3) is 0 Å². The van der Waals surface area contributed by atoms with Gasteiger partial charge in [-0.2, -0.15) is 13.2 Å². The average molecular weight is 242 g/mol. The number of benzene rings is 1. The van der Waals surface area contributed by atoms with Crippen molar-refractivity contribution in [2.75, 3.05) is 0 Å². The van der Waals surface area contributed by atoms with Gasteiger partial charge in [0.1, 0.15) is 0 Å². The van der Waals surface area contributed by atoms with Crippen LogP contribution in [0.5, 0.6) is 0 Å². The molecule has 1 heterocycles. The Bertz CT molecular complexity index is 502. The fourth-order valence-electron chi connectivity index (χ4n) is 1.40. The molecule has 2 rings (SSSR count). The largest absolute Gasteiger partial charge is 0.425 e. The second-order valence-electron chi connectivity index (χ2n) is 3.59. The Kier molecular flexibility index (Phi) is 2.87. The highest BCUT2D eigenvalue weighted by atomic mass is 19.4. The zero-order chi connectivity index (χ0) is 12.5. The molecule has 17 heavy (non-hydrogen) atoms. The van der Waals surface area contributed by atoms with Crippen molar-refractivity contribution in [3.63, 3.8) is 0 Å². The number of nitrogens with zero attached hydrogens (tertiary/aromatic N) is 2. The van der Waals surface area contributed by atoms with Gasteiger partial charge in [0.05, 0.1) is 12.0 Å². The Morgan fingerprint density at radius 2 is 1.76 bits per heavy atom. The van der Waals surface area contributed by atoms with Crippen molar-refractivity contribution in [3.8, 4) is 0 Å². The third-order valence-electron chi connectivity index (χ3n) is 2.20. The van der Waals surface area contributed by atoms with Crippen LogP contribution in [0.2, 0.25) is 0 Å². The van der Waals surface area contributed by atoms with Crippen LogP contribution in [-0.4, -0.2) is 10.2 Å². The molecule has 0 aliphatic heterocycles. The molecule has 6 heteroatoms. The summed E-state index contributed by atoms with van der Waals surface area (Å²) in [6.45, 7) is 1.66. The van der Waals surface area contributed by atoms with Crippen LogP contribution in [0.4, 0.5) is 13.2 Å². The van der Waals surface area contributed by atoms with Crippen LogP contribution in [0.15, 0.2) is 28.7 Å². The smallest absolute Gasteiger partial charge is 0.416 e. The summed E-state index contributed by atoms with van der Waals surface area (Å²) in [5.74, 6) is 0.828. The number of rotatable bonds is 2. The van der Waals surface area contributed by atoms with Crippen molar-refractivity contribution in [2.24, 2.45) is 0 Å². The summed E-state index contributed by atoms with van der Waals surface area (Å²) in [6.07, 6.45) is -3.97. The van der Waals surface area contributed by atoms with Crippen LogP contribution in [0.3, 0.4) is 0 Å². The third kappa shape index (κ3) is 2.83. The van der Waals surface area contributed by atoms with Crippen molar-refractivity contribution in [3.05, 3.63) is 47.2 Å². The standard InChI is InChI=1S/C11H9F3N2O/c1-7-15-16-10(17-7)6-8-2-4-9(5-3-8)11(12,13)14/h2-5H,6H2,1H3. The Morgan fingerprint density at radius 3 is 2.24 bits per heavy atom. The third-order valence-corrected chi connectivity index (χ3v) is 2.20. The van der Waals surface area contributed by atoms with Crippen LogP contribution in [0.1, 0.15) is 22.9 Å². The summed E-state index contributed by atoms with van der Waals surface area (Å²) in [4.78, 5) is 0. The van der Waals surface area contributed by atoms with E-state index in [0.717, 1.165) is 12.1 Å². The summed E-state index contributed by atoms with van der Waals surface area (Å²) in [5.41, 5.74) is 0.0320. The molecule has 90 valence electrons. The van der Waals surface area contributed by atoms with Crippen LogP contribution in [0, 0.1) is 6.92 Å².